The topological polar surface area (TPSA) is 108 Å². The second kappa shape index (κ2) is 6.95. The van der Waals surface area contributed by atoms with Crippen molar-refractivity contribution in [1.82, 2.24) is 20.2 Å². The Morgan fingerprint density at radius 2 is 2.12 bits per heavy atom. The van der Waals surface area contributed by atoms with Crippen molar-refractivity contribution in [2.24, 2.45) is 5.73 Å². The van der Waals surface area contributed by atoms with Gasteiger partial charge < -0.3 is 15.8 Å². The lowest BCUT2D eigenvalue weighted by Crippen LogP contribution is -2.20. The van der Waals surface area contributed by atoms with E-state index in [1.54, 1.807) is 4.68 Å². The standard InChI is InChI=1S/C16H18N6O2/c1-2-22-16(19-20-21-22)18-9-13-12-6-4-3-5-11(12)7-8-14(13)24-10-15(17)23/h3-8H,2,9-10H2,1H3,(H2,17,23)(H,18,19,21). The number of benzene rings is 2. The summed E-state index contributed by atoms with van der Waals surface area (Å²) in [4.78, 5) is 11.0. The fourth-order valence-electron chi connectivity index (χ4n) is 2.49. The molecule has 0 fully saturated rings. The first-order valence-corrected chi connectivity index (χ1v) is 7.60. The summed E-state index contributed by atoms with van der Waals surface area (Å²) in [6.07, 6.45) is 0. The minimum absolute atomic E-state index is 0.169. The minimum Gasteiger partial charge on any atom is -0.483 e. The molecule has 0 atom stereocenters. The Balaban J connectivity index is 1.93. The molecular weight excluding hydrogens is 308 g/mol. The first kappa shape index (κ1) is 15.7. The highest BCUT2D eigenvalue weighted by atomic mass is 16.5. The first-order chi connectivity index (χ1) is 11.7. The summed E-state index contributed by atoms with van der Waals surface area (Å²) in [6, 6.07) is 11.7. The van der Waals surface area contributed by atoms with Crippen LogP contribution in [0.1, 0.15) is 12.5 Å². The summed E-state index contributed by atoms with van der Waals surface area (Å²) in [5.74, 6) is 0.666. The molecule has 0 saturated heterocycles. The van der Waals surface area contributed by atoms with Crippen molar-refractivity contribution in [2.75, 3.05) is 11.9 Å². The summed E-state index contributed by atoms with van der Waals surface area (Å²) in [5, 5.41) is 16.8. The van der Waals surface area contributed by atoms with E-state index in [9.17, 15) is 4.79 Å². The molecule has 24 heavy (non-hydrogen) atoms. The van der Waals surface area contributed by atoms with Gasteiger partial charge in [0.1, 0.15) is 5.75 Å². The van der Waals surface area contributed by atoms with E-state index in [1.165, 1.54) is 0 Å². The zero-order chi connectivity index (χ0) is 16.9. The van der Waals surface area contributed by atoms with Crippen LogP contribution in [0.3, 0.4) is 0 Å². The van der Waals surface area contributed by atoms with Gasteiger partial charge in [-0.15, -0.1) is 0 Å². The number of nitrogens with one attached hydrogen (secondary N) is 1. The van der Waals surface area contributed by atoms with Gasteiger partial charge in [-0.05, 0) is 34.2 Å². The molecular formula is C16H18N6O2. The van der Waals surface area contributed by atoms with E-state index in [-0.39, 0.29) is 6.61 Å². The van der Waals surface area contributed by atoms with Gasteiger partial charge in [-0.2, -0.15) is 0 Å². The Morgan fingerprint density at radius 3 is 2.92 bits per heavy atom. The SMILES string of the molecule is CCn1nnnc1NCc1c(OCC(N)=O)ccc2ccccc12. The van der Waals surface area contributed by atoms with Gasteiger partial charge in [0.05, 0.1) is 0 Å². The van der Waals surface area contributed by atoms with Gasteiger partial charge >= 0.3 is 0 Å². The average molecular weight is 326 g/mol. The maximum absolute atomic E-state index is 11.0. The number of ether oxygens (including phenoxy) is 1. The largest absolute Gasteiger partial charge is 0.483 e. The Hall–Kier alpha value is -3.16. The molecule has 1 heterocycles. The normalized spacial score (nSPS) is 10.7. The second-order valence-electron chi connectivity index (χ2n) is 5.19. The quantitative estimate of drug-likeness (QED) is 0.678. The van der Waals surface area contributed by atoms with Crippen LogP contribution >= 0.6 is 0 Å². The zero-order valence-electron chi connectivity index (χ0n) is 13.3. The number of carbonyl (C=O) groups is 1. The lowest BCUT2D eigenvalue weighted by atomic mass is 10.0. The number of carbonyl (C=O) groups excluding carboxylic acids is 1. The summed E-state index contributed by atoms with van der Waals surface area (Å²) in [5.41, 5.74) is 6.10. The van der Waals surface area contributed by atoms with Crippen LogP contribution in [0.15, 0.2) is 36.4 Å². The van der Waals surface area contributed by atoms with Crippen LogP contribution in [-0.4, -0.2) is 32.7 Å². The molecule has 0 saturated carbocycles. The van der Waals surface area contributed by atoms with Crippen molar-refractivity contribution in [3.05, 3.63) is 42.0 Å². The Morgan fingerprint density at radius 1 is 1.29 bits per heavy atom. The highest BCUT2D eigenvalue weighted by Crippen LogP contribution is 2.28. The molecule has 0 aliphatic rings. The van der Waals surface area contributed by atoms with Crippen molar-refractivity contribution >= 4 is 22.6 Å². The third-order valence-corrected chi connectivity index (χ3v) is 3.62. The van der Waals surface area contributed by atoms with Gasteiger partial charge in [0.15, 0.2) is 6.61 Å². The number of primary amides is 1. The van der Waals surface area contributed by atoms with Crippen LogP contribution in [0.4, 0.5) is 5.95 Å². The van der Waals surface area contributed by atoms with E-state index in [0.29, 0.717) is 24.8 Å². The molecule has 3 N–H and O–H groups in total. The second-order valence-corrected chi connectivity index (χ2v) is 5.19. The molecule has 8 heteroatoms. The number of aryl methyl sites for hydroxylation is 1. The number of anilines is 1. The Kier molecular flexibility index (Phi) is 4.55. The van der Waals surface area contributed by atoms with E-state index in [0.717, 1.165) is 16.3 Å². The van der Waals surface area contributed by atoms with Crippen molar-refractivity contribution in [3.63, 3.8) is 0 Å². The first-order valence-electron chi connectivity index (χ1n) is 7.60. The monoisotopic (exact) mass is 326 g/mol. The fourth-order valence-corrected chi connectivity index (χ4v) is 2.49. The van der Waals surface area contributed by atoms with E-state index in [1.807, 2.05) is 43.3 Å². The molecule has 2 aromatic carbocycles. The molecule has 1 amide bonds. The lowest BCUT2D eigenvalue weighted by Gasteiger charge is -2.14. The number of fused-ring (bicyclic) bond motifs is 1. The van der Waals surface area contributed by atoms with E-state index >= 15 is 0 Å². The Labute approximate surface area is 138 Å². The van der Waals surface area contributed by atoms with Crippen LogP contribution in [0, 0.1) is 0 Å². The number of hydrogen-bond acceptors (Lipinski definition) is 6. The molecule has 0 radical (unpaired) electrons. The van der Waals surface area contributed by atoms with Crippen molar-refractivity contribution in [1.29, 1.82) is 0 Å². The molecule has 0 aliphatic heterocycles. The van der Waals surface area contributed by atoms with Crippen LogP contribution in [0.5, 0.6) is 5.75 Å². The predicted molar refractivity (Wildman–Crippen MR) is 89.5 cm³/mol. The number of rotatable bonds is 7. The molecule has 0 aliphatic carbocycles. The molecule has 0 spiro atoms. The molecule has 8 nitrogen and oxygen atoms in total. The van der Waals surface area contributed by atoms with Crippen LogP contribution in [-0.2, 0) is 17.9 Å². The number of nitrogens with two attached hydrogens (primary N) is 1. The van der Waals surface area contributed by atoms with Gasteiger partial charge in [-0.1, -0.05) is 35.4 Å². The molecule has 124 valence electrons. The number of amides is 1. The molecule has 3 rings (SSSR count). The van der Waals surface area contributed by atoms with Crippen LogP contribution in [0.2, 0.25) is 0 Å². The minimum atomic E-state index is -0.517. The van der Waals surface area contributed by atoms with Gasteiger partial charge in [0.25, 0.3) is 5.91 Å². The number of tetrazole rings is 1. The molecule has 0 unspecified atom stereocenters. The molecule has 3 aromatic rings. The highest BCUT2D eigenvalue weighted by Gasteiger charge is 2.12. The van der Waals surface area contributed by atoms with E-state index in [2.05, 4.69) is 20.8 Å². The summed E-state index contributed by atoms with van der Waals surface area (Å²) in [6.45, 7) is 2.91. The highest BCUT2D eigenvalue weighted by molar-refractivity contribution is 5.88. The van der Waals surface area contributed by atoms with Gasteiger partial charge in [-0.25, -0.2) is 4.68 Å². The maximum Gasteiger partial charge on any atom is 0.255 e. The number of hydrogen-bond donors (Lipinski definition) is 2. The third kappa shape index (κ3) is 3.27. The third-order valence-electron chi connectivity index (χ3n) is 3.62. The average Bonchev–Trinajstić information content (AvgIpc) is 3.05. The molecule has 0 bridgehead atoms. The van der Waals surface area contributed by atoms with Gasteiger partial charge in [-0.3, -0.25) is 4.79 Å². The van der Waals surface area contributed by atoms with Crippen LogP contribution < -0.4 is 15.8 Å². The number of aromatic nitrogens is 4. The lowest BCUT2D eigenvalue weighted by molar-refractivity contribution is -0.119. The van der Waals surface area contributed by atoms with Gasteiger partial charge in [0, 0.05) is 18.7 Å². The predicted octanol–water partition coefficient (Wildman–Crippen LogP) is 1.32. The smallest absolute Gasteiger partial charge is 0.255 e. The van der Waals surface area contributed by atoms with Crippen LogP contribution in [0.25, 0.3) is 10.8 Å². The van der Waals surface area contributed by atoms with Crippen molar-refractivity contribution in [3.8, 4) is 5.75 Å². The van der Waals surface area contributed by atoms with Crippen molar-refractivity contribution < 1.29 is 9.53 Å². The maximum atomic E-state index is 11.0. The summed E-state index contributed by atoms with van der Waals surface area (Å²) in [7, 11) is 0. The van der Waals surface area contributed by atoms with Gasteiger partial charge in [0.2, 0.25) is 5.95 Å². The Bertz CT molecular complexity index is 861. The van der Waals surface area contributed by atoms with E-state index < -0.39 is 5.91 Å². The number of nitrogens with zero attached hydrogens (tertiary/aromatic N) is 4. The molecule has 1 aromatic heterocycles. The van der Waals surface area contributed by atoms with E-state index in [4.69, 9.17) is 10.5 Å². The van der Waals surface area contributed by atoms with Crippen molar-refractivity contribution in [2.45, 2.75) is 20.0 Å². The zero-order valence-corrected chi connectivity index (χ0v) is 13.3. The fraction of sp³-hybridized carbons (Fsp3) is 0.250. The summed E-state index contributed by atoms with van der Waals surface area (Å²) >= 11 is 0. The summed E-state index contributed by atoms with van der Waals surface area (Å²) < 4.78 is 7.22.